The van der Waals surface area contributed by atoms with Gasteiger partial charge in [0.25, 0.3) is 0 Å². The quantitative estimate of drug-likeness (QED) is 0.0325. The van der Waals surface area contributed by atoms with Gasteiger partial charge < -0.3 is 127 Å². The molecule has 2 saturated carbocycles. The lowest BCUT2D eigenvalue weighted by Gasteiger charge is -2.49. The first-order valence-corrected chi connectivity index (χ1v) is 32.2. The number of aliphatic hydroxyl groups excluding tert-OH is 5. The van der Waals surface area contributed by atoms with Crippen molar-refractivity contribution in [3.63, 3.8) is 0 Å². The van der Waals surface area contributed by atoms with Gasteiger partial charge in [-0.1, -0.05) is 45.4 Å². The number of carboxylic acids is 1. The van der Waals surface area contributed by atoms with Gasteiger partial charge in [0.05, 0.1) is 177 Å². The lowest BCUT2D eigenvalue weighted by Crippen LogP contribution is -2.67. The first-order chi connectivity index (χ1) is 43.7. The minimum Gasteiger partial charge on any atom is -0.479 e. The summed E-state index contributed by atoms with van der Waals surface area (Å²) in [6, 6.07) is -1.34. The lowest BCUT2D eigenvalue weighted by molar-refractivity contribution is -0.338. The molecule has 526 valence electrons. The van der Waals surface area contributed by atoms with Gasteiger partial charge in [0.2, 0.25) is 17.7 Å². The zero-order valence-electron chi connectivity index (χ0n) is 53.4. The SMILES string of the molecule is CCC1CC(C(=O)NCCNC(=O)CCOCCOCCOCCOCCOCCOCCOCCOCCOCCOCCOCCOC)C[C@@H](O[C@@H]2O[C@@H](CO)[C@H](O)C(O[C@@H](CC3CCCCC3)C(=O)O)C2NC(C)=O)[C@@H]1OC1O[C@@H](C)[C@H](O)C(O)[C@@H]1O. The van der Waals surface area contributed by atoms with Crippen LogP contribution >= 0.6 is 0 Å². The van der Waals surface area contributed by atoms with Gasteiger partial charge in [-0.3, -0.25) is 14.4 Å². The van der Waals surface area contributed by atoms with Crippen molar-refractivity contribution in [2.75, 3.05) is 179 Å². The maximum atomic E-state index is 14.0. The summed E-state index contributed by atoms with van der Waals surface area (Å²) >= 11 is 0. The minimum absolute atomic E-state index is 0.0345. The van der Waals surface area contributed by atoms with Crippen LogP contribution in [0.2, 0.25) is 0 Å². The molecule has 30 heteroatoms. The van der Waals surface area contributed by atoms with Crippen LogP contribution < -0.4 is 16.0 Å². The Bertz CT molecular complexity index is 1870. The van der Waals surface area contributed by atoms with Gasteiger partial charge in [-0.25, -0.2) is 4.79 Å². The number of aliphatic carboxylic acids is 1. The maximum Gasteiger partial charge on any atom is 0.332 e. The predicted octanol–water partition coefficient (Wildman–Crippen LogP) is -1.14. The molecule has 4 fully saturated rings. The summed E-state index contributed by atoms with van der Waals surface area (Å²) in [5, 5.41) is 72.8. The number of carboxylic acid groups (broad SMARTS) is 1. The number of carbonyl (C=O) groups is 4. The maximum absolute atomic E-state index is 14.0. The molecule has 2 saturated heterocycles. The highest BCUT2D eigenvalue weighted by Crippen LogP contribution is 2.40. The fourth-order valence-corrected chi connectivity index (χ4v) is 10.8. The Kier molecular flexibility index (Phi) is 43.0. The molecule has 90 heavy (non-hydrogen) atoms. The monoisotopic (exact) mass is 1300 g/mol. The first kappa shape index (κ1) is 79.4. The average molecular weight is 1300 g/mol. The van der Waals surface area contributed by atoms with Gasteiger partial charge in [0.1, 0.15) is 42.7 Å². The van der Waals surface area contributed by atoms with E-state index in [-0.39, 0.29) is 69.7 Å². The van der Waals surface area contributed by atoms with E-state index in [1.807, 2.05) is 6.92 Å². The summed E-state index contributed by atoms with van der Waals surface area (Å²) in [5.74, 6) is -3.65. The standard InChI is InChI=1S/C60H109N3O27/c1-5-44-38-45(39-46(55(44)90-60-54(70)53(69)51(67)41(2)86-60)88-59-50(63-42(3)65)56(52(68)48(40-64)89-59)87-47(58(72)73)37-43-9-7-6-8-10-43)57(71)62-13-12-61-49(66)11-14-75-17-18-77-21-22-79-25-26-81-29-30-83-33-34-85-36-35-84-32-31-82-28-27-80-24-23-78-20-19-76-16-15-74-4/h41,43-48,50-56,59-60,64,67-70H,5-40H2,1-4H3,(H,61,66)(H,62,71)(H,63,65)(H,72,73)/t41-,44?,45?,46+,47-,48-,50?,51-,52-,53?,54-,55+,56?,59+,60?/m0/s1. The molecule has 4 rings (SSSR count). The first-order valence-electron chi connectivity index (χ1n) is 32.2. The number of methoxy groups -OCH3 is 1. The van der Waals surface area contributed by atoms with E-state index in [2.05, 4.69) is 16.0 Å². The fourth-order valence-electron chi connectivity index (χ4n) is 10.8. The molecular formula is C60H109N3O27. The van der Waals surface area contributed by atoms with Crippen LogP contribution in [-0.2, 0) is 99.7 Å². The van der Waals surface area contributed by atoms with E-state index in [9.17, 15) is 49.8 Å². The van der Waals surface area contributed by atoms with Gasteiger partial charge in [-0.05, 0) is 38.0 Å². The molecule has 0 aromatic carbocycles. The van der Waals surface area contributed by atoms with Gasteiger partial charge in [0, 0.05) is 39.5 Å². The molecule has 0 aromatic heterocycles. The molecule has 2 aliphatic heterocycles. The smallest absolute Gasteiger partial charge is 0.332 e. The topological polar surface area (TPSA) is 383 Å². The van der Waals surface area contributed by atoms with Gasteiger partial charge in [-0.15, -0.1) is 0 Å². The molecule has 9 N–H and O–H groups in total. The number of ether oxygens (including phenoxy) is 17. The van der Waals surface area contributed by atoms with E-state index < -0.39 is 110 Å². The Hall–Kier alpha value is -3.00. The lowest BCUT2D eigenvalue weighted by atomic mass is 9.75. The molecule has 15 atom stereocenters. The van der Waals surface area contributed by atoms with Crippen LogP contribution in [0.1, 0.15) is 85.0 Å². The molecular weight excluding hydrogens is 1190 g/mol. The highest BCUT2D eigenvalue weighted by atomic mass is 16.7. The van der Waals surface area contributed by atoms with E-state index in [0.29, 0.717) is 145 Å². The van der Waals surface area contributed by atoms with Crippen molar-refractivity contribution in [3.05, 3.63) is 0 Å². The Morgan fingerprint density at radius 2 is 1.03 bits per heavy atom. The van der Waals surface area contributed by atoms with Crippen LogP contribution in [0.4, 0.5) is 0 Å². The van der Waals surface area contributed by atoms with E-state index >= 15 is 0 Å². The fraction of sp³-hybridized carbons (Fsp3) is 0.933. The molecule has 30 nitrogen and oxygen atoms in total. The number of hydrogen-bond acceptors (Lipinski definition) is 26. The van der Waals surface area contributed by atoms with E-state index in [1.165, 1.54) is 13.8 Å². The second-order valence-corrected chi connectivity index (χ2v) is 22.5. The largest absolute Gasteiger partial charge is 0.479 e. The van der Waals surface area contributed by atoms with Crippen LogP contribution in [0.15, 0.2) is 0 Å². The van der Waals surface area contributed by atoms with Crippen molar-refractivity contribution < 1.29 is 130 Å². The number of nitrogens with one attached hydrogen (secondary N) is 3. The van der Waals surface area contributed by atoms with Crippen molar-refractivity contribution in [3.8, 4) is 0 Å². The summed E-state index contributed by atoms with van der Waals surface area (Å²) in [6.07, 6.45) is -11.1. The van der Waals surface area contributed by atoms with Crippen molar-refractivity contribution in [2.24, 2.45) is 17.8 Å². The zero-order valence-corrected chi connectivity index (χ0v) is 53.4. The van der Waals surface area contributed by atoms with E-state index in [4.69, 9.17) is 80.5 Å². The summed E-state index contributed by atoms with van der Waals surface area (Å²) in [6.45, 7) is 14.0. The Labute approximate surface area is 529 Å². The Balaban J connectivity index is 1.07. The molecule has 0 aromatic rings. The molecule has 2 heterocycles. The van der Waals surface area contributed by atoms with Crippen molar-refractivity contribution in [1.29, 1.82) is 0 Å². The second kappa shape index (κ2) is 48.7. The summed E-state index contributed by atoms with van der Waals surface area (Å²) in [7, 11) is 1.63. The summed E-state index contributed by atoms with van der Waals surface area (Å²) in [4.78, 5) is 52.1. The van der Waals surface area contributed by atoms with E-state index in [1.54, 1.807) is 7.11 Å². The molecule has 0 spiro atoms. The number of aliphatic hydroxyl groups is 5. The van der Waals surface area contributed by atoms with Crippen molar-refractivity contribution in [2.45, 2.75) is 165 Å². The molecule has 4 aliphatic rings. The number of rotatable bonds is 52. The molecule has 0 radical (unpaired) electrons. The van der Waals surface area contributed by atoms with Crippen molar-refractivity contribution in [1.82, 2.24) is 16.0 Å². The third kappa shape index (κ3) is 32.0. The average Bonchev–Trinajstić information content (AvgIpc) is 0.989. The van der Waals surface area contributed by atoms with Gasteiger partial charge in [0.15, 0.2) is 18.7 Å². The second-order valence-electron chi connectivity index (χ2n) is 22.5. The van der Waals surface area contributed by atoms with Crippen LogP contribution in [0.5, 0.6) is 0 Å². The molecule has 3 amide bonds. The van der Waals surface area contributed by atoms with Crippen LogP contribution in [0, 0.1) is 17.8 Å². The van der Waals surface area contributed by atoms with Crippen LogP contribution in [0.3, 0.4) is 0 Å². The molecule has 6 unspecified atom stereocenters. The highest BCUT2D eigenvalue weighted by molar-refractivity contribution is 5.79. The van der Waals surface area contributed by atoms with Gasteiger partial charge >= 0.3 is 5.97 Å². The third-order valence-electron chi connectivity index (χ3n) is 15.7. The predicted molar refractivity (Wildman–Crippen MR) is 317 cm³/mol. The molecule has 2 aliphatic carbocycles. The number of amides is 3. The highest BCUT2D eigenvalue weighted by Gasteiger charge is 2.53. The Morgan fingerprint density at radius 1 is 0.556 bits per heavy atom. The Morgan fingerprint density at radius 3 is 1.49 bits per heavy atom. The summed E-state index contributed by atoms with van der Waals surface area (Å²) < 4.78 is 96.5. The van der Waals surface area contributed by atoms with Gasteiger partial charge in [-0.2, -0.15) is 0 Å². The van der Waals surface area contributed by atoms with Crippen LogP contribution in [-0.4, -0.2) is 313 Å². The number of hydrogen-bond donors (Lipinski definition) is 9. The minimum atomic E-state index is -1.69. The van der Waals surface area contributed by atoms with E-state index in [0.717, 1.165) is 32.1 Å². The zero-order chi connectivity index (χ0) is 65.1. The summed E-state index contributed by atoms with van der Waals surface area (Å²) in [5.41, 5.74) is 0. The van der Waals surface area contributed by atoms with Crippen molar-refractivity contribution >= 4 is 23.7 Å². The third-order valence-corrected chi connectivity index (χ3v) is 15.7. The molecule has 0 bridgehead atoms. The number of carbonyl (C=O) groups excluding carboxylic acids is 3. The normalized spacial score (nSPS) is 27.7. The van der Waals surface area contributed by atoms with Crippen LogP contribution in [0.25, 0.3) is 0 Å².